The van der Waals surface area contributed by atoms with E-state index >= 15 is 0 Å². The van der Waals surface area contributed by atoms with Crippen molar-refractivity contribution in [2.75, 3.05) is 25.7 Å². The maximum atomic E-state index is 8.76. The normalized spacial score (nSPS) is 28.6. The second-order valence-corrected chi connectivity index (χ2v) is 7.05. The number of piperidine rings is 1. The standard InChI is InChI=1S/C16H22N8O/c17-16-5-11-7-24(19)14-3-1-2-12(15(11)14)13(16)4-10(8-25-20)6-23(16)9-21-22-18/h1-3,7,10,13H,4-6,8-9,17,19-20H2/t10-,13?,16-/m1/s1. The Hall–Kier alpha value is -2.29. The maximum absolute atomic E-state index is 8.76. The first-order valence-corrected chi connectivity index (χ1v) is 8.33. The Labute approximate surface area is 144 Å². The Morgan fingerprint density at radius 3 is 3.04 bits per heavy atom. The molecule has 1 saturated heterocycles. The summed E-state index contributed by atoms with van der Waals surface area (Å²) in [6.45, 7) is 1.34. The summed E-state index contributed by atoms with van der Waals surface area (Å²) in [5, 5.41) is 4.95. The molecule has 2 aromatic rings. The first-order chi connectivity index (χ1) is 12.1. The van der Waals surface area contributed by atoms with E-state index in [0.29, 0.717) is 19.6 Å². The number of aromatic nitrogens is 1. The number of azide groups is 1. The van der Waals surface area contributed by atoms with Crippen molar-refractivity contribution in [3.63, 3.8) is 0 Å². The molecule has 0 amide bonds. The van der Waals surface area contributed by atoms with E-state index in [-0.39, 0.29) is 18.5 Å². The fraction of sp³-hybridized carbons (Fsp3) is 0.500. The van der Waals surface area contributed by atoms with Gasteiger partial charge in [0.05, 0.1) is 24.5 Å². The average Bonchev–Trinajstić information content (AvgIpc) is 2.91. The Morgan fingerprint density at radius 1 is 1.44 bits per heavy atom. The number of nitrogens with zero attached hydrogens (tertiary/aromatic N) is 5. The van der Waals surface area contributed by atoms with Gasteiger partial charge in [-0.1, -0.05) is 17.2 Å². The van der Waals surface area contributed by atoms with Crippen molar-refractivity contribution in [2.24, 2.45) is 22.7 Å². The monoisotopic (exact) mass is 342 g/mol. The van der Waals surface area contributed by atoms with Crippen molar-refractivity contribution in [3.05, 3.63) is 46.0 Å². The molecule has 1 aromatic heterocycles. The fourth-order valence-corrected chi connectivity index (χ4v) is 4.65. The number of likely N-dealkylation sites (tertiary alicyclic amines) is 1. The lowest BCUT2D eigenvalue weighted by molar-refractivity contribution is -0.0251. The summed E-state index contributed by atoms with van der Waals surface area (Å²) in [5.41, 5.74) is 18.4. The molecule has 0 radical (unpaired) electrons. The molecule has 4 rings (SSSR count). The Morgan fingerprint density at radius 2 is 2.28 bits per heavy atom. The first kappa shape index (κ1) is 16.2. The van der Waals surface area contributed by atoms with Crippen LogP contribution in [0, 0.1) is 5.92 Å². The summed E-state index contributed by atoms with van der Waals surface area (Å²) in [5.74, 6) is 11.8. The summed E-state index contributed by atoms with van der Waals surface area (Å²) in [4.78, 5) is 9.86. The topological polar surface area (TPSA) is 144 Å². The van der Waals surface area contributed by atoms with Gasteiger partial charge in [0.1, 0.15) is 0 Å². The minimum atomic E-state index is -0.623. The molecule has 0 bridgehead atoms. The average molecular weight is 342 g/mol. The van der Waals surface area contributed by atoms with Crippen LogP contribution in [-0.2, 0) is 11.3 Å². The van der Waals surface area contributed by atoms with Crippen LogP contribution in [0.2, 0.25) is 0 Å². The minimum Gasteiger partial charge on any atom is -0.339 e. The third-order valence-electron chi connectivity index (χ3n) is 5.69. The molecule has 0 spiro atoms. The lowest BCUT2D eigenvalue weighted by Crippen LogP contribution is -2.66. The number of hydrogen-bond donors (Lipinski definition) is 3. The second-order valence-electron chi connectivity index (χ2n) is 7.05. The van der Waals surface area contributed by atoms with Gasteiger partial charge in [0.15, 0.2) is 0 Å². The van der Waals surface area contributed by atoms with Gasteiger partial charge in [0.2, 0.25) is 0 Å². The number of nitrogen functional groups attached to an aromatic ring is 1. The zero-order valence-corrected chi connectivity index (χ0v) is 13.9. The highest BCUT2D eigenvalue weighted by Gasteiger charge is 2.49. The maximum Gasteiger partial charge on any atom is 0.0801 e. The number of benzene rings is 1. The largest absolute Gasteiger partial charge is 0.339 e. The number of nitrogens with two attached hydrogens (primary N) is 3. The van der Waals surface area contributed by atoms with Gasteiger partial charge in [-0.2, -0.15) is 0 Å². The predicted octanol–water partition coefficient (Wildman–Crippen LogP) is 1.13. The van der Waals surface area contributed by atoms with Gasteiger partial charge < -0.3 is 16.4 Å². The van der Waals surface area contributed by atoms with Crippen LogP contribution in [0.3, 0.4) is 0 Å². The molecule has 25 heavy (non-hydrogen) atoms. The van der Waals surface area contributed by atoms with Gasteiger partial charge in [-0.25, -0.2) is 5.90 Å². The minimum absolute atomic E-state index is 0.0916. The van der Waals surface area contributed by atoms with Crippen molar-refractivity contribution >= 4 is 10.9 Å². The third kappa shape index (κ3) is 2.37. The van der Waals surface area contributed by atoms with E-state index < -0.39 is 5.66 Å². The molecule has 1 aromatic carbocycles. The quantitative estimate of drug-likeness (QED) is 0.251. The molecule has 132 valence electrons. The summed E-state index contributed by atoms with van der Waals surface area (Å²) in [6.07, 6.45) is 3.47. The second kappa shape index (κ2) is 5.91. The molecule has 6 N–H and O–H groups in total. The van der Waals surface area contributed by atoms with E-state index in [9.17, 15) is 0 Å². The van der Waals surface area contributed by atoms with Gasteiger partial charge in [-0.05, 0) is 35.1 Å². The van der Waals surface area contributed by atoms with Crippen LogP contribution >= 0.6 is 0 Å². The van der Waals surface area contributed by atoms with E-state index in [1.807, 2.05) is 18.3 Å². The van der Waals surface area contributed by atoms with Crippen molar-refractivity contribution in [3.8, 4) is 0 Å². The molecule has 2 heterocycles. The van der Waals surface area contributed by atoms with Crippen LogP contribution in [0.1, 0.15) is 23.5 Å². The summed E-state index contributed by atoms with van der Waals surface area (Å²) >= 11 is 0. The lowest BCUT2D eigenvalue weighted by atomic mass is 9.68. The van der Waals surface area contributed by atoms with Crippen molar-refractivity contribution in [1.82, 2.24) is 9.58 Å². The molecular weight excluding hydrogens is 320 g/mol. The van der Waals surface area contributed by atoms with E-state index in [1.165, 1.54) is 10.9 Å². The smallest absolute Gasteiger partial charge is 0.0801 e. The van der Waals surface area contributed by atoms with Crippen molar-refractivity contribution in [1.29, 1.82) is 0 Å². The van der Waals surface area contributed by atoms with Gasteiger partial charge >= 0.3 is 0 Å². The molecule has 0 saturated carbocycles. The van der Waals surface area contributed by atoms with Gasteiger partial charge in [0.25, 0.3) is 0 Å². The van der Waals surface area contributed by atoms with Gasteiger partial charge in [-0.15, -0.1) is 0 Å². The highest BCUT2D eigenvalue weighted by molar-refractivity contribution is 5.89. The molecule has 1 unspecified atom stereocenters. The van der Waals surface area contributed by atoms with Crippen molar-refractivity contribution in [2.45, 2.75) is 24.4 Å². The summed E-state index contributed by atoms with van der Waals surface area (Å²) in [6, 6.07) is 6.15. The molecule has 1 aliphatic heterocycles. The molecule has 3 atom stereocenters. The number of rotatable bonds is 4. The Balaban J connectivity index is 1.84. The first-order valence-electron chi connectivity index (χ1n) is 8.33. The Bertz CT molecular complexity index is 857. The highest BCUT2D eigenvalue weighted by atomic mass is 16.6. The van der Waals surface area contributed by atoms with Crippen LogP contribution in [0.25, 0.3) is 21.3 Å². The summed E-state index contributed by atoms with van der Waals surface area (Å²) < 4.78 is 1.66. The molecule has 1 aliphatic carbocycles. The lowest BCUT2D eigenvalue weighted by Gasteiger charge is -2.53. The summed E-state index contributed by atoms with van der Waals surface area (Å²) in [7, 11) is 0. The Kier molecular flexibility index (Phi) is 3.82. The van der Waals surface area contributed by atoms with E-state index in [1.54, 1.807) is 4.68 Å². The van der Waals surface area contributed by atoms with E-state index in [0.717, 1.165) is 17.5 Å². The molecule has 2 aliphatic rings. The SMILES string of the molecule is [N-]=[N+]=NCN1C[C@H](CON)CC2c3cccc4c3c(cn4N)C[C@]21N. The van der Waals surface area contributed by atoms with Crippen LogP contribution in [0.15, 0.2) is 29.5 Å². The van der Waals surface area contributed by atoms with E-state index in [4.69, 9.17) is 27.8 Å². The zero-order valence-electron chi connectivity index (χ0n) is 13.9. The zero-order chi connectivity index (χ0) is 17.6. The highest BCUT2D eigenvalue weighted by Crippen LogP contribution is 2.48. The van der Waals surface area contributed by atoms with Gasteiger partial charge in [-0.3, -0.25) is 9.58 Å². The predicted molar refractivity (Wildman–Crippen MR) is 94.4 cm³/mol. The van der Waals surface area contributed by atoms with Crippen molar-refractivity contribution < 1.29 is 4.84 Å². The fourth-order valence-electron chi connectivity index (χ4n) is 4.65. The molecule has 9 heteroatoms. The van der Waals surface area contributed by atoms with Crippen LogP contribution in [0.4, 0.5) is 0 Å². The molecular formula is C16H22N8O. The van der Waals surface area contributed by atoms with Crippen LogP contribution < -0.4 is 17.5 Å². The third-order valence-corrected chi connectivity index (χ3v) is 5.69. The number of hydrogen-bond acceptors (Lipinski definition) is 6. The molecule has 9 nitrogen and oxygen atoms in total. The number of fused-ring (bicyclic) bond motifs is 2. The van der Waals surface area contributed by atoms with Crippen LogP contribution in [0.5, 0.6) is 0 Å². The molecule has 1 fully saturated rings. The van der Waals surface area contributed by atoms with Gasteiger partial charge in [0, 0.05) is 35.4 Å². The van der Waals surface area contributed by atoms with E-state index in [2.05, 4.69) is 21.0 Å². The van der Waals surface area contributed by atoms with Crippen LogP contribution in [-0.4, -0.2) is 35.1 Å².